The highest BCUT2D eigenvalue weighted by molar-refractivity contribution is 7.12. The number of ether oxygens (including phenoxy) is 1. The van der Waals surface area contributed by atoms with E-state index in [2.05, 4.69) is 18.7 Å². The summed E-state index contributed by atoms with van der Waals surface area (Å²) in [5, 5.41) is 12.4. The lowest BCUT2D eigenvalue weighted by molar-refractivity contribution is -0.160. The first-order valence-corrected chi connectivity index (χ1v) is 17.3. The van der Waals surface area contributed by atoms with E-state index in [9.17, 15) is 19.1 Å². The van der Waals surface area contributed by atoms with Crippen LogP contribution in [-0.2, 0) is 22.6 Å². The lowest BCUT2D eigenvalue weighted by Crippen LogP contribution is -2.39. The molecule has 1 atom stereocenters. The van der Waals surface area contributed by atoms with E-state index in [4.69, 9.17) is 9.72 Å². The van der Waals surface area contributed by atoms with Crippen LogP contribution in [0.4, 0.5) is 10.1 Å². The number of aliphatic carboxylic acids is 1. The zero-order valence-electron chi connectivity index (χ0n) is 29.0. The molecule has 254 valence electrons. The Morgan fingerprint density at radius 2 is 1.56 bits per heavy atom. The Kier molecular flexibility index (Phi) is 10.4. The molecule has 7 nitrogen and oxygen atoms in total. The summed E-state index contributed by atoms with van der Waals surface area (Å²) in [5.74, 6) is -1.45. The lowest BCUT2D eigenvalue weighted by atomic mass is 9.81. The van der Waals surface area contributed by atoms with Crippen LogP contribution in [0.15, 0.2) is 66.0 Å². The minimum Gasteiger partial charge on any atom is -0.479 e. The van der Waals surface area contributed by atoms with Gasteiger partial charge < -0.3 is 19.6 Å². The maximum absolute atomic E-state index is 13.6. The van der Waals surface area contributed by atoms with Crippen LogP contribution in [0, 0.1) is 25.1 Å². The van der Waals surface area contributed by atoms with Gasteiger partial charge in [0, 0.05) is 48.7 Å². The third kappa shape index (κ3) is 8.31. The molecular weight excluding hydrogens is 626 g/mol. The van der Waals surface area contributed by atoms with Gasteiger partial charge in [-0.15, -0.1) is 11.3 Å². The summed E-state index contributed by atoms with van der Waals surface area (Å²) in [4.78, 5) is 36.0. The maximum atomic E-state index is 13.6. The van der Waals surface area contributed by atoms with Gasteiger partial charge in [-0.05, 0) is 93.1 Å². The van der Waals surface area contributed by atoms with Crippen molar-refractivity contribution < 1.29 is 23.8 Å². The fourth-order valence-corrected chi connectivity index (χ4v) is 7.01. The number of carbonyl (C=O) groups excluding carboxylic acids is 1. The van der Waals surface area contributed by atoms with Gasteiger partial charge in [-0.3, -0.25) is 9.78 Å². The minimum atomic E-state index is -1.19. The molecule has 0 bridgehead atoms. The number of carbonyl (C=O) groups is 2. The van der Waals surface area contributed by atoms with Crippen LogP contribution in [0.1, 0.15) is 91.3 Å². The number of amides is 1. The molecule has 1 aliphatic heterocycles. The van der Waals surface area contributed by atoms with E-state index in [1.165, 1.54) is 23.5 Å². The molecule has 1 fully saturated rings. The molecule has 0 spiro atoms. The smallest absolute Gasteiger partial charge is 0.337 e. The molecule has 1 N–H and O–H groups in total. The van der Waals surface area contributed by atoms with Gasteiger partial charge >= 0.3 is 5.97 Å². The van der Waals surface area contributed by atoms with Gasteiger partial charge in [-0.1, -0.05) is 56.3 Å². The van der Waals surface area contributed by atoms with Crippen molar-refractivity contribution in [1.82, 2.24) is 9.88 Å². The third-order valence-electron chi connectivity index (χ3n) is 8.89. The summed E-state index contributed by atoms with van der Waals surface area (Å²) in [7, 11) is 0. The van der Waals surface area contributed by atoms with Gasteiger partial charge in [0.15, 0.2) is 6.10 Å². The van der Waals surface area contributed by atoms with Gasteiger partial charge in [0.25, 0.3) is 5.91 Å². The standard InChI is InChI=1S/C39H46FN3O4S/c1-25-32(34(42-20-18-39(6,7)19-21-42)33(26(2)41-25)35(37(45)46)47-38(3,4)5)29-14-10-27(11-15-29)23-43(36(44)31-9-8-22-48-31)24-28-12-16-30(40)17-13-28/h8-17,22,35H,18-21,23-24H2,1-7H3,(H,45,46). The molecule has 4 aromatic rings. The van der Waals surface area contributed by atoms with Crippen LogP contribution in [-0.4, -0.2) is 45.6 Å². The Labute approximate surface area is 287 Å². The van der Waals surface area contributed by atoms with E-state index in [1.807, 2.05) is 76.4 Å². The molecule has 5 rings (SSSR count). The summed E-state index contributed by atoms with van der Waals surface area (Å²) in [6.45, 7) is 16.3. The molecule has 0 saturated carbocycles. The van der Waals surface area contributed by atoms with E-state index < -0.39 is 17.7 Å². The van der Waals surface area contributed by atoms with Gasteiger partial charge in [-0.25, -0.2) is 9.18 Å². The van der Waals surface area contributed by atoms with Crippen molar-refractivity contribution in [3.8, 4) is 11.1 Å². The number of rotatable bonds is 10. The minimum absolute atomic E-state index is 0.0875. The highest BCUT2D eigenvalue weighted by Gasteiger charge is 2.36. The zero-order valence-corrected chi connectivity index (χ0v) is 29.8. The molecular formula is C39H46FN3O4S. The highest BCUT2D eigenvalue weighted by atomic mass is 32.1. The number of carboxylic acid groups (broad SMARTS) is 1. The number of thiophene rings is 1. The molecule has 48 heavy (non-hydrogen) atoms. The van der Waals surface area contributed by atoms with Crippen LogP contribution < -0.4 is 4.90 Å². The first-order valence-electron chi connectivity index (χ1n) is 16.4. The molecule has 2 aromatic heterocycles. The molecule has 9 heteroatoms. The Bertz CT molecular complexity index is 1740. The Hall–Kier alpha value is -4.08. The van der Waals surface area contributed by atoms with E-state index in [0.29, 0.717) is 29.2 Å². The van der Waals surface area contributed by atoms with Crippen molar-refractivity contribution >= 4 is 28.9 Å². The average Bonchev–Trinajstić information content (AvgIpc) is 3.56. The quantitative estimate of drug-likeness (QED) is 0.181. The van der Waals surface area contributed by atoms with E-state index in [-0.39, 0.29) is 17.1 Å². The number of nitrogens with zero attached hydrogens (tertiary/aromatic N) is 3. The number of aromatic nitrogens is 1. The number of anilines is 1. The second-order valence-corrected chi connectivity index (χ2v) is 15.4. The summed E-state index contributed by atoms with van der Waals surface area (Å²) >= 11 is 1.39. The van der Waals surface area contributed by atoms with Crippen molar-refractivity contribution in [3.05, 3.63) is 105 Å². The third-order valence-corrected chi connectivity index (χ3v) is 9.75. The number of pyridine rings is 1. The van der Waals surface area contributed by atoms with Crippen LogP contribution in [0.2, 0.25) is 0 Å². The number of aryl methyl sites for hydroxylation is 2. The Morgan fingerprint density at radius 1 is 0.979 bits per heavy atom. The maximum Gasteiger partial charge on any atom is 0.337 e. The molecule has 0 radical (unpaired) electrons. The van der Waals surface area contributed by atoms with Crippen LogP contribution >= 0.6 is 11.3 Å². The summed E-state index contributed by atoms with van der Waals surface area (Å²) < 4.78 is 19.8. The predicted octanol–water partition coefficient (Wildman–Crippen LogP) is 8.98. The topological polar surface area (TPSA) is 83.0 Å². The second-order valence-electron chi connectivity index (χ2n) is 14.5. The van der Waals surface area contributed by atoms with Crippen molar-refractivity contribution in [2.75, 3.05) is 18.0 Å². The van der Waals surface area contributed by atoms with E-state index >= 15 is 0 Å². The first kappa shape index (κ1) is 35.2. The molecule has 2 aromatic carbocycles. The normalized spacial score (nSPS) is 15.3. The van der Waals surface area contributed by atoms with Crippen LogP contribution in [0.5, 0.6) is 0 Å². The SMILES string of the molecule is Cc1nc(C)c(C(OC(C)(C)C)C(=O)O)c(N2CCC(C)(C)CC2)c1-c1ccc(CN(Cc2ccc(F)cc2)C(=O)c2cccs2)cc1. The van der Waals surface area contributed by atoms with Crippen molar-refractivity contribution in [2.45, 2.75) is 86.1 Å². The molecule has 1 saturated heterocycles. The van der Waals surface area contributed by atoms with Crippen LogP contribution in [0.3, 0.4) is 0 Å². The number of hydrogen-bond donors (Lipinski definition) is 1. The number of piperidine rings is 1. The Morgan fingerprint density at radius 3 is 2.08 bits per heavy atom. The zero-order chi connectivity index (χ0) is 34.8. The fraction of sp³-hybridized carbons (Fsp3) is 0.410. The van der Waals surface area contributed by atoms with E-state index in [1.54, 1.807) is 17.0 Å². The Balaban J connectivity index is 1.55. The fourth-order valence-electron chi connectivity index (χ4n) is 6.32. The first-order chi connectivity index (χ1) is 22.6. The highest BCUT2D eigenvalue weighted by Crippen LogP contribution is 2.45. The van der Waals surface area contributed by atoms with Crippen molar-refractivity contribution in [2.24, 2.45) is 5.41 Å². The lowest BCUT2D eigenvalue weighted by Gasteiger charge is -2.41. The van der Waals surface area contributed by atoms with Gasteiger partial charge in [0.2, 0.25) is 0 Å². The number of benzene rings is 2. The number of halogens is 1. The predicted molar refractivity (Wildman–Crippen MR) is 190 cm³/mol. The van der Waals surface area contributed by atoms with Gasteiger partial charge in [-0.2, -0.15) is 0 Å². The molecule has 0 aliphatic carbocycles. The monoisotopic (exact) mass is 671 g/mol. The molecule has 1 aliphatic rings. The van der Waals surface area contributed by atoms with Gasteiger partial charge in [0.1, 0.15) is 5.82 Å². The largest absolute Gasteiger partial charge is 0.479 e. The molecule has 3 heterocycles. The molecule has 1 amide bonds. The van der Waals surface area contributed by atoms with Crippen molar-refractivity contribution in [3.63, 3.8) is 0 Å². The van der Waals surface area contributed by atoms with E-state index in [0.717, 1.165) is 59.6 Å². The molecule has 1 unspecified atom stereocenters. The summed E-state index contributed by atoms with van der Waals surface area (Å²) in [6.07, 6.45) is 0.764. The van der Waals surface area contributed by atoms with Gasteiger partial charge in [0.05, 0.1) is 16.2 Å². The number of carboxylic acids is 1. The van der Waals surface area contributed by atoms with Crippen molar-refractivity contribution in [1.29, 1.82) is 0 Å². The summed E-state index contributed by atoms with van der Waals surface area (Å²) in [5.41, 5.74) is 6.01. The van der Waals surface area contributed by atoms with Crippen LogP contribution in [0.25, 0.3) is 11.1 Å². The average molecular weight is 672 g/mol. The summed E-state index contributed by atoms with van der Waals surface area (Å²) in [6, 6.07) is 18.0. The second kappa shape index (κ2) is 14.2. The number of hydrogen-bond acceptors (Lipinski definition) is 6.